The van der Waals surface area contributed by atoms with Crippen molar-refractivity contribution in [2.45, 2.75) is 13.1 Å². The van der Waals surface area contributed by atoms with E-state index in [2.05, 4.69) is 5.32 Å². The molecule has 8 nitrogen and oxygen atoms in total. The van der Waals surface area contributed by atoms with Crippen LogP contribution in [0.5, 0.6) is 17.2 Å². The van der Waals surface area contributed by atoms with E-state index in [-0.39, 0.29) is 46.2 Å². The van der Waals surface area contributed by atoms with Crippen LogP contribution < -0.4 is 14.8 Å². The second-order valence-corrected chi connectivity index (χ2v) is 8.47. The Morgan fingerprint density at radius 3 is 2.64 bits per heavy atom. The van der Waals surface area contributed by atoms with E-state index in [9.17, 15) is 22.8 Å². The summed E-state index contributed by atoms with van der Waals surface area (Å²) in [6, 6.07) is 9.10. The maximum atomic E-state index is 13.5. The molecule has 1 fully saturated rings. The number of allylic oxidation sites excluding steroid dienone is 1. The molecule has 0 radical (unpaired) electrons. The summed E-state index contributed by atoms with van der Waals surface area (Å²) in [6.07, 6.45) is -2.68. The number of ether oxygens (including phenoxy) is 2. The molecular formula is C24H21F3N4O4S. The summed E-state index contributed by atoms with van der Waals surface area (Å²) < 4.78 is 51.6. The van der Waals surface area contributed by atoms with Crippen LogP contribution in [0.2, 0.25) is 0 Å². The number of rotatable bonds is 7. The van der Waals surface area contributed by atoms with Gasteiger partial charge in [-0.25, -0.2) is 0 Å². The summed E-state index contributed by atoms with van der Waals surface area (Å²) in [6.45, 7) is 2.75. The fraction of sp³-hybridized carbons (Fsp3) is 0.250. The number of thioether (sulfide) groups is 1. The van der Waals surface area contributed by atoms with Crippen LogP contribution in [0.4, 0.5) is 13.2 Å². The molecule has 1 aliphatic heterocycles. The van der Waals surface area contributed by atoms with Gasteiger partial charge in [0.25, 0.3) is 0 Å². The SMILES string of the molecule is CCOc1cc(/C=C(/C=O)SC(=N)N2CCNC(=O)C2)ccc1Oc1ccc(C#N)cc1C(F)(F)F. The first kappa shape index (κ1) is 26.6. The minimum Gasteiger partial charge on any atom is -0.490 e. The van der Waals surface area contributed by atoms with Crippen molar-refractivity contribution in [3.63, 3.8) is 0 Å². The maximum Gasteiger partial charge on any atom is 0.420 e. The summed E-state index contributed by atoms with van der Waals surface area (Å²) in [5.74, 6) is -0.552. The van der Waals surface area contributed by atoms with Crippen molar-refractivity contribution in [2.24, 2.45) is 0 Å². The highest BCUT2D eigenvalue weighted by Crippen LogP contribution is 2.41. The number of carbonyl (C=O) groups excluding carboxylic acids is 2. The second kappa shape index (κ2) is 11.6. The van der Waals surface area contributed by atoms with Crippen molar-refractivity contribution >= 4 is 35.2 Å². The van der Waals surface area contributed by atoms with Gasteiger partial charge in [0.15, 0.2) is 23.0 Å². The third-order valence-corrected chi connectivity index (χ3v) is 5.77. The van der Waals surface area contributed by atoms with Crippen molar-refractivity contribution in [3.05, 3.63) is 58.0 Å². The minimum absolute atomic E-state index is 0.0107. The average Bonchev–Trinajstić information content (AvgIpc) is 2.84. The summed E-state index contributed by atoms with van der Waals surface area (Å²) in [5, 5.41) is 19.8. The molecule has 2 aromatic rings. The van der Waals surface area contributed by atoms with Gasteiger partial charge in [0.1, 0.15) is 5.75 Å². The lowest BCUT2D eigenvalue weighted by Crippen LogP contribution is -2.49. The first-order valence-corrected chi connectivity index (χ1v) is 11.5. The molecule has 1 amide bonds. The maximum absolute atomic E-state index is 13.5. The second-order valence-electron chi connectivity index (χ2n) is 7.41. The van der Waals surface area contributed by atoms with Gasteiger partial charge in [-0.15, -0.1) is 0 Å². The molecule has 0 aliphatic carbocycles. The van der Waals surface area contributed by atoms with Gasteiger partial charge in [-0.2, -0.15) is 18.4 Å². The summed E-state index contributed by atoms with van der Waals surface area (Å²) in [4.78, 5) is 24.9. The molecule has 2 N–H and O–H groups in total. The number of aldehydes is 1. The Kier molecular flexibility index (Phi) is 8.60. The summed E-state index contributed by atoms with van der Waals surface area (Å²) in [5.41, 5.74) is -0.771. The normalized spacial score (nSPS) is 14.0. The van der Waals surface area contributed by atoms with Crippen molar-refractivity contribution < 1.29 is 32.2 Å². The Balaban J connectivity index is 1.87. The standard InChI is InChI=1S/C24H21F3N4O4S/c1-2-34-21-11-15(9-17(14-32)36-23(29)31-8-7-30-22(33)13-31)3-6-20(21)35-19-5-4-16(12-28)10-18(19)24(25,26)27/h3-6,9-11,14,29H,2,7-8,13H2,1H3,(H,30,33)/b17-9-,29-23?. The number of nitriles is 1. The first-order valence-electron chi connectivity index (χ1n) is 10.7. The number of amidine groups is 1. The lowest BCUT2D eigenvalue weighted by Gasteiger charge is -2.28. The third kappa shape index (κ3) is 6.79. The van der Waals surface area contributed by atoms with Crippen LogP contribution >= 0.6 is 11.8 Å². The van der Waals surface area contributed by atoms with Crippen LogP contribution in [0.25, 0.3) is 6.08 Å². The highest BCUT2D eigenvalue weighted by atomic mass is 32.2. The zero-order chi connectivity index (χ0) is 26.3. The quantitative estimate of drug-likeness (QED) is 0.242. The van der Waals surface area contributed by atoms with Gasteiger partial charge in [-0.3, -0.25) is 15.0 Å². The number of nitrogens with one attached hydrogen (secondary N) is 2. The van der Waals surface area contributed by atoms with E-state index >= 15 is 0 Å². The van der Waals surface area contributed by atoms with E-state index in [0.29, 0.717) is 31.0 Å². The highest BCUT2D eigenvalue weighted by Gasteiger charge is 2.35. The number of halogens is 3. The van der Waals surface area contributed by atoms with Crippen molar-refractivity contribution in [1.82, 2.24) is 10.2 Å². The molecule has 0 saturated carbocycles. The molecule has 3 rings (SSSR count). The van der Waals surface area contributed by atoms with Gasteiger partial charge < -0.3 is 19.7 Å². The van der Waals surface area contributed by atoms with Gasteiger partial charge in [0.05, 0.1) is 35.3 Å². The number of alkyl halides is 3. The number of benzene rings is 2. The Morgan fingerprint density at radius 1 is 1.25 bits per heavy atom. The average molecular weight is 519 g/mol. The van der Waals surface area contributed by atoms with E-state index in [4.69, 9.17) is 20.1 Å². The smallest absolute Gasteiger partial charge is 0.420 e. The number of amides is 1. The lowest BCUT2D eigenvalue weighted by atomic mass is 10.1. The Labute approximate surface area is 209 Å². The molecule has 188 valence electrons. The fourth-order valence-electron chi connectivity index (χ4n) is 3.24. The van der Waals surface area contributed by atoms with Crippen LogP contribution in [0.3, 0.4) is 0 Å². The Hall–Kier alpha value is -3.98. The molecule has 12 heteroatoms. The molecule has 0 spiro atoms. The number of hydrogen-bond donors (Lipinski definition) is 2. The zero-order valence-corrected chi connectivity index (χ0v) is 19.8. The molecule has 0 unspecified atom stereocenters. The number of nitrogens with zero attached hydrogens (tertiary/aromatic N) is 2. The minimum atomic E-state index is -4.74. The molecule has 1 saturated heterocycles. The van der Waals surface area contributed by atoms with Gasteiger partial charge >= 0.3 is 6.18 Å². The summed E-state index contributed by atoms with van der Waals surface area (Å²) in [7, 11) is 0. The predicted octanol–water partition coefficient (Wildman–Crippen LogP) is 4.41. The van der Waals surface area contributed by atoms with E-state index in [1.807, 2.05) is 0 Å². The monoisotopic (exact) mass is 518 g/mol. The van der Waals surface area contributed by atoms with Crippen molar-refractivity contribution in [2.75, 3.05) is 26.2 Å². The van der Waals surface area contributed by atoms with E-state index < -0.39 is 17.5 Å². The molecule has 1 heterocycles. The van der Waals surface area contributed by atoms with Gasteiger partial charge in [0.2, 0.25) is 5.91 Å². The topological polar surface area (TPSA) is 116 Å². The Morgan fingerprint density at radius 2 is 2.00 bits per heavy atom. The zero-order valence-electron chi connectivity index (χ0n) is 19.0. The predicted molar refractivity (Wildman–Crippen MR) is 128 cm³/mol. The first-order chi connectivity index (χ1) is 17.1. The number of carbonyl (C=O) groups is 2. The van der Waals surface area contributed by atoms with Crippen LogP contribution in [0, 0.1) is 16.7 Å². The molecule has 0 bridgehead atoms. The Bertz CT molecular complexity index is 1240. The van der Waals surface area contributed by atoms with E-state index in [1.165, 1.54) is 30.3 Å². The number of hydrogen-bond acceptors (Lipinski definition) is 7. The molecule has 36 heavy (non-hydrogen) atoms. The molecular weight excluding hydrogens is 497 g/mol. The largest absolute Gasteiger partial charge is 0.490 e. The van der Waals surface area contributed by atoms with Crippen molar-refractivity contribution in [3.8, 4) is 23.3 Å². The van der Waals surface area contributed by atoms with Crippen molar-refractivity contribution in [1.29, 1.82) is 10.7 Å². The fourth-order valence-corrected chi connectivity index (χ4v) is 3.99. The highest BCUT2D eigenvalue weighted by molar-refractivity contribution is 8.17. The molecule has 2 aromatic carbocycles. The third-order valence-electron chi connectivity index (χ3n) is 4.87. The van der Waals surface area contributed by atoms with Crippen LogP contribution in [0.1, 0.15) is 23.6 Å². The van der Waals surface area contributed by atoms with Crippen LogP contribution in [0.15, 0.2) is 41.3 Å². The molecule has 0 atom stereocenters. The number of piperazine rings is 1. The van der Waals surface area contributed by atoms with Gasteiger partial charge in [-0.05, 0) is 60.7 Å². The molecule has 1 aliphatic rings. The lowest BCUT2D eigenvalue weighted by molar-refractivity contribution is -0.138. The van der Waals surface area contributed by atoms with Crippen LogP contribution in [-0.2, 0) is 15.8 Å². The van der Waals surface area contributed by atoms with E-state index in [0.717, 1.165) is 17.8 Å². The van der Waals surface area contributed by atoms with Gasteiger partial charge in [0, 0.05) is 13.1 Å². The van der Waals surface area contributed by atoms with Crippen LogP contribution in [-0.4, -0.2) is 48.5 Å². The molecule has 0 aromatic heterocycles. The van der Waals surface area contributed by atoms with E-state index in [1.54, 1.807) is 17.9 Å². The van der Waals surface area contributed by atoms with Gasteiger partial charge in [-0.1, -0.05) is 6.07 Å². The summed E-state index contributed by atoms with van der Waals surface area (Å²) >= 11 is 0.881.